The SMILES string of the molecule is CC(CCO)CNS(=O)(=O)c1ccc(S(C)(=O)=O)cc1. The molecule has 20 heavy (non-hydrogen) atoms. The van der Waals surface area contributed by atoms with E-state index in [4.69, 9.17) is 5.11 Å². The molecule has 1 aromatic rings. The van der Waals surface area contributed by atoms with Crippen LogP contribution >= 0.6 is 0 Å². The van der Waals surface area contributed by atoms with E-state index in [2.05, 4.69) is 4.72 Å². The van der Waals surface area contributed by atoms with Gasteiger partial charge >= 0.3 is 0 Å². The predicted molar refractivity (Wildman–Crippen MR) is 75.6 cm³/mol. The maximum Gasteiger partial charge on any atom is 0.240 e. The molecule has 0 aromatic heterocycles. The first-order valence-electron chi connectivity index (χ1n) is 6.07. The molecule has 1 aromatic carbocycles. The summed E-state index contributed by atoms with van der Waals surface area (Å²) in [4.78, 5) is 0.0891. The van der Waals surface area contributed by atoms with E-state index in [1.807, 2.05) is 6.92 Å². The van der Waals surface area contributed by atoms with Crippen LogP contribution < -0.4 is 4.72 Å². The molecule has 1 rings (SSSR count). The number of benzene rings is 1. The number of aliphatic hydroxyl groups is 1. The lowest BCUT2D eigenvalue weighted by molar-refractivity contribution is 0.263. The van der Waals surface area contributed by atoms with Crippen LogP contribution in [0.4, 0.5) is 0 Å². The minimum absolute atomic E-state index is 0.00590. The molecule has 0 spiro atoms. The highest BCUT2D eigenvalue weighted by Gasteiger charge is 2.16. The highest BCUT2D eigenvalue weighted by atomic mass is 32.2. The van der Waals surface area contributed by atoms with E-state index >= 15 is 0 Å². The second-order valence-electron chi connectivity index (χ2n) is 4.71. The summed E-state index contributed by atoms with van der Waals surface area (Å²) in [6.45, 7) is 2.05. The van der Waals surface area contributed by atoms with Crippen LogP contribution in [0.5, 0.6) is 0 Å². The average molecular weight is 321 g/mol. The molecular weight excluding hydrogens is 302 g/mol. The summed E-state index contributed by atoms with van der Waals surface area (Å²) in [6, 6.07) is 5.05. The quantitative estimate of drug-likeness (QED) is 0.756. The minimum atomic E-state index is -3.66. The topological polar surface area (TPSA) is 101 Å². The second kappa shape index (κ2) is 6.66. The van der Waals surface area contributed by atoms with E-state index in [0.717, 1.165) is 6.26 Å². The van der Waals surface area contributed by atoms with Gasteiger partial charge in [-0.3, -0.25) is 0 Å². The van der Waals surface area contributed by atoms with Crippen molar-refractivity contribution < 1.29 is 21.9 Å². The highest BCUT2D eigenvalue weighted by Crippen LogP contribution is 2.14. The molecule has 1 atom stereocenters. The van der Waals surface area contributed by atoms with Gasteiger partial charge in [0.05, 0.1) is 9.79 Å². The summed E-state index contributed by atoms with van der Waals surface area (Å²) in [7, 11) is -7.00. The lowest BCUT2D eigenvalue weighted by atomic mass is 10.1. The van der Waals surface area contributed by atoms with Crippen LogP contribution in [0.2, 0.25) is 0 Å². The monoisotopic (exact) mass is 321 g/mol. The fraction of sp³-hybridized carbons (Fsp3) is 0.500. The van der Waals surface area contributed by atoms with E-state index in [1.54, 1.807) is 0 Å². The standard InChI is InChI=1S/C12H19NO5S2/c1-10(7-8-14)9-13-20(17,18)12-5-3-11(4-6-12)19(2,15)16/h3-6,10,13-14H,7-9H2,1-2H3. The molecule has 2 N–H and O–H groups in total. The average Bonchev–Trinajstić information content (AvgIpc) is 2.36. The Kier molecular flexibility index (Phi) is 5.69. The summed E-state index contributed by atoms with van der Waals surface area (Å²) in [5, 5.41) is 8.76. The Labute approximate surface area is 119 Å². The molecule has 0 saturated carbocycles. The molecule has 1 unspecified atom stereocenters. The Hall–Kier alpha value is -0.960. The van der Waals surface area contributed by atoms with Gasteiger partial charge in [-0.05, 0) is 36.6 Å². The number of hydrogen-bond donors (Lipinski definition) is 2. The number of sulfone groups is 1. The van der Waals surface area contributed by atoms with Gasteiger partial charge in [0.15, 0.2) is 9.84 Å². The van der Waals surface area contributed by atoms with Crippen LogP contribution in [0.3, 0.4) is 0 Å². The van der Waals surface area contributed by atoms with Crippen molar-refractivity contribution >= 4 is 19.9 Å². The second-order valence-corrected chi connectivity index (χ2v) is 8.50. The Morgan fingerprint density at radius 1 is 1.10 bits per heavy atom. The Bertz CT molecular complexity index is 635. The third-order valence-electron chi connectivity index (χ3n) is 2.81. The van der Waals surface area contributed by atoms with Gasteiger partial charge in [-0.15, -0.1) is 0 Å². The van der Waals surface area contributed by atoms with Gasteiger partial charge in [0.2, 0.25) is 10.0 Å². The van der Waals surface area contributed by atoms with Crippen LogP contribution in [0, 0.1) is 5.92 Å². The van der Waals surface area contributed by atoms with Crippen LogP contribution in [0.15, 0.2) is 34.1 Å². The minimum Gasteiger partial charge on any atom is -0.396 e. The lowest BCUT2D eigenvalue weighted by Crippen LogP contribution is -2.28. The van der Waals surface area contributed by atoms with Gasteiger partial charge in [-0.25, -0.2) is 21.6 Å². The summed E-state index contributed by atoms with van der Waals surface area (Å²) < 4.78 is 49.0. The largest absolute Gasteiger partial charge is 0.396 e. The van der Waals surface area contributed by atoms with Crippen molar-refractivity contribution in [1.29, 1.82) is 0 Å². The summed E-state index contributed by atoms with van der Waals surface area (Å²) >= 11 is 0. The van der Waals surface area contributed by atoms with Crippen molar-refractivity contribution in [3.05, 3.63) is 24.3 Å². The number of sulfonamides is 1. The van der Waals surface area contributed by atoms with Crippen molar-refractivity contribution in [1.82, 2.24) is 4.72 Å². The molecule has 0 fully saturated rings. The molecule has 6 nitrogen and oxygen atoms in total. The zero-order valence-corrected chi connectivity index (χ0v) is 13.0. The van der Waals surface area contributed by atoms with Gasteiger partial charge in [0, 0.05) is 19.4 Å². The van der Waals surface area contributed by atoms with Crippen molar-refractivity contribution in [2.45, 2.75) is 23.1 Å². The first-order chi connectivity index (χ1) is 9.16. The van der Waals surface area contributed by atoms with Crippen molar-refractivity contribution in [2.24, 2.45) is 5.92 Å². The van der Waals surface area contributed by atoms with E-state index < -0.39 is 19.9 Å². The van der Waals surface area contributed by atoms with Crippen LogP contribution in [0.1, 0.15) is 13.3 Å². The Morgan fingerprint density at radius 2 is 1.60 bits per heavy atom. The van der Waals surface area contributed by atoms with Crippen molar-refractivity contribution in [3.8, 4) is 0 Å². The summed E-state index contributed by atoms with van der Waals surface area (Å²) in [6.07, 6.45) is 1.57. The van der Waals surface area contributed by atoms with Gasteiger partial charge in [-0.2, -0.15) is 0 Å². The molecule has 0 radical (unpaired) electrons. The Balaban J connectivity index is 2.83. The first-order valence-corrected chi connectivity index (χ1v) is 9.45. The maximum atomic E-state index is 12.0. The number of rotatable bonds is 7. The van der Waals surface area contributed by atoms with Gasteiger partial charge in [0.25, 0.3) is 0 Å². The molecule has 0 saturated heterocycles. The molecule has 0 bridgehead atoms. The predicted octanol–water partition coefficient (Wildman–Crippen LogP) is 0.387. The Morgan fingerprint density at radius 3 is 2.05 bits per heavy atom. The summed E-state index contributed by atoms with van der Waals surface area (Å²) in [5.74, 6) is 0.0186. The zero-order valence-electron chi connectivity index (χ0n) is 11.4. The van der Waals surface area contributed by atoms with Gasteiger partial charge in [-0.1, -0.05) is 6.92 Å². The smallest absolute Gasteiger partial charge is 0.240 e. The van der Waals surface area contributed by atoms with Crippen LogP contribution in [-0.4, -0.2) is 41.3 Å². The molecule has 0 aliphatic heterocycles. The number of nitrogens with one attached hydrogen (secondary N) is 1. The third-order valence-corrected chi connectivity index (χ3v) is 5.37. The highest BCUT2D eigenvalue weighted by molar-refractivity contribution is 7.90. The normalized spacial score (nSPS) is 14.2. The van der Waals surface area contributed by atoms with Gasteiger partial charge in [0.1, 0.15) is 0 Å². The third kappa shape index (κ3) is 4.86. The molecule has 0 heterocycles. The van der Waals surface area contributed by atoms with Crippen molar-refractivity contribution in [2.75, 3.05) is 19.4 Å². The van der Waals surface area contributed by atoms with Crippen LogP contribution in [-0.2, 0) is 19.9 Å². The summed E-state index contributed by atoms with van der Waals surface area (Å²) in [5.41, 5.74) is 0. The fourth-order valence-corrected chi connectivity index (χ4v) is 3.32. The zero-order chi connectivity index (χ0) is 15.4. The van der Waals surface area contributed by atoms with E-state index in [1.165, 1.54) is 24.3 Å². The number of hydrogen-bond acceptors (Lipinski definition) is 5. The number of aliphatic hydroxyl groups excluding tert-OH is 1. The van der Waals surface area contributed by atoms with E-state index in [0.29, 0.717) is 6.42 Å². The molecular formula is C12H19NO5S2. The van der Waals surface area contributed by atoms with Crippen LogP contribution in [0.25, 0.3) is 0 Å². The van der Waals surface area contributed by atoms with E-state index in [-0.39, 0.29) is 28.9 Å². The first kappa shape index (κ1) is 17.1. The fourth-order valence-electron chi connectivity index (χ4n) is 1.52. The molecule has 0 amide bonds. The molecule has 0 aliphatic carbocycles. The lowest BCUT2D eigenvalue weighted by Gasteiger charge is -2.11. The molecule has 8 heteroatoms. The maximum absolute atomic E-state index is 12.0. The van der Waals surface area contributed by atoms with Crippen molar-refractivity contribution in [3.63, 3.8) is 0 Å². The molecule has 114 valence electrons. The molecule has 0 aliphatic rings. The van der Waals surface area contributed by atoms with E-state index in [9.17, 15) is 16.8 Å². The van der Waals surface area contributed by atoms with Gasteiger partial charge < -0.3 is 5.11 Å².